The first-order valence-corrected chi connectivity index (χ1v) is 9.53. The normalized spacial score (nSPS) is 12.4. The van der Waals surface area contributed by atoms with Crippen molar-refractivity contribution in [3.8, 4) is 0 Å². The molecule has 8 nitrogen and oxygen atoms in total. The number of hydrogen-bond donors (Lipinski definition) is 2. The van der Waals surface area contributed by atoms with Gasteiger partial charge in [-0.3, -0.25) is 14.9 Å². The molecule has 0 spiro atoms. The number of sulfonamides is 1. The molecule has 0 bridgehead atoms. The zero-order valence-electron chi connectivity index (χ0n) is 14.0. The first-order chi connectivity index (χ1) is 12.6. The van der Waals surface area contributed by atoms with E-state index in [-0.39, 0.29) is 22.0 Å². The molecule has 0 radical (unpaired) electrons. The lowest BCUT2D eigenvalue weighted by molar-refractivity contribution is -0.383. The van der Waals surface area contributed by atoms with Crippen molar-refractivity contribution in [2.24, 2.45) is 0 Å². The molecule has 2 rings (SSSR count). The van der Waals surface area contributed by atoms with Gasteiger partial charge in [0.25, 0.3) is 5.69 Å². The summed E-state index contributed by atoms with van der Waals surface area (Å²) < 4.78 is 39.9. The van der Waals surface area contributed by atoms with Crippen LogP contribution in [0.3, 0.4) is 0 Å². The molecule has 144 valence electrons. The number of nitrogens with one attached hydrogen (secondary N) is 2. The van der Waals surface area contributed by atoms with E-state index in [9.17, 15) is 27.7 Å². The van der Waals surface area contributed by atoms with Crippen molar-refractivity contribution >= 4 is 38.9 Å². The maximum absolute atomic E-state index is 13.0. The Kier molecular flexibility index (Phi) is 6.47. The summed E-state index contributed by atoms with van der Waals surface area (Å²) in [6.07, 6.45) is 0.0770. The van der Waals surface area contributed by atoms with Gasteiger partial charge in [0.1, 0.15) is 17.5 Å². The lowest BCUT2D eigenvalue weighted by Gasteiger charge is -2.17. The summed E-state index contributed by atoms with van der Waals surface area (Å²) in [6.45, 7) is 1.56. The molecule has 1 unspecified atom stereocenters. The highest BCUT2D eigenvalue weighted by Crippen LogP contribution is 2.28. The third-order valence-corrected chi connectivity index (χ3v) is 5.28. The van der Waals surface area contributed by atoms with E-state index in [1.54, 1.807) is 6.92 Å². The van der Waals surface area contributed by atoms with Gasteiger partial charge in [0, 0.05) is 11.1 Å². The second-order valence-corrected chi connectivity index (χ2v) is 7.59. The van der Waals surface area contributed by atoms with Gasteiger partial charge in [-0.1, -0.05) is 18.5 Å². The van der Waals surface area contributed by atoms with E-state index in [4.69, 9.17) is 11.6 Å². The van der Waals surface area contributed by atoms with Crippen molar-refractivity contribution < 1.29 is 22.5 Å². The second-order valence-electron chi connectivity index (χ2n) is 5.44. The van der Waals surface area contributed by atoms with Gasteiger partial charge < -0.3 is 5.32 Å². The molecule has 0 saturated carbocycles. The number of benzene rings is 2. The topological polar surface area (TPSA) is 118 Å². The summed E-state index contributed by atoms with van der Waals surface area (Å²) in [6, 6.07) is 6.56. The lowest BCUT2D eigenvalue weighted by atomic mass is 10.2. The highest BCUT2D eigenvalue weighted by atomic mass is 35.5. The number of nitrogens with zero attached hydrogens (tertiary/aromatic N) is 1. The van der Waals surface area contributed by atoms with Gasteiger partial charge in [-0.05, 0) is 42.8 Å². The lowest BCUT2D eigenvalue weighted by Crippen LogP contribution is -2.43. The van der Waals surface area contributed by atoms with E-state index < -0.39 is 38.4 Å². The largest absolute Gasteiger partial charge is 0.319 e. The number of hydrogen-bond acceptors (Lipinski definition) is 5. The average Bonchev–Trinajstić information content (AvgIpc) is 2.61. The molecule has 0 aromatic heterocycles. The van der Waals surface area contributed by atoms with E-state index in [2.05, 4.69) is 10.0 Å². The third kappa shape index (κ3) is 5.22. The van der Waals surface area contributed by atoms with Gasteiger partial charge in [0.2, 0.25) is 15.9 Å². The van der Waals surface area contributed by atoms with Gasteiger partial charge in [0.05, 0.1) is 9.82 Å². The molecular formula is C16H15ClFN3O5S. The molecular weight excluding hydrogens is 401 g/mol. The molecule has 0 fully saturated rings. The summed E-state index contributed by atoms with van der Waals surface area (Å²) >= 11 is 5.72. The number of anilines is 1. The number of amides is 1. The maximum Gasteiger partial charge on any atom is 0.294 e. The summed E-state index contributed by atoms with van der Waals surface area (Å²) in [4.78, 5) is 22.6. The Balaban J connectivity index is 2.21. The van der Waals surface area contributed by atoms with Crippen LogP contribution in [0.1, 0.15) is 13.3 Å². The molecule has 0 aliphatic heterocycles. The van der Waals surface area contributed by atoms with Crippen molar-refractivity contribution in [1.82, 2.24) is 4.72 Å². The Hall–Kier alpha value is -2.56. The molecule has 2 aromatic carbocycles. The van der Waals surface area contributed by atoms with Crippen LogP contribution in [0.4, 0.5) is 15.8 Å². The van der Waals surface area contributed by atoms with Crippen molar-refractivity contribution in [3.63, 3.8) is 0 Å². The minimum atomic E-state index is -4.09. The third-order valence-electron chi connectivity index (χ3n) is 3.56. The van der Waals surface area contributed by atoms with E-state index in [0.717, 1.165) is 30.3 Å². The SMILES string of the molecule is CCC(NS(=O)(=O)c1ccc(F)cc1)C(=O)Nc1ccc(Cl)cc1[N+](=O)[O-]. The Morgan fingerprint density at radius 1 is 1.26 bits per heavy atom. The fourth-order valence-corrected chi connectivity index (χ4v) is 3.62. The van der Waals surface area contributed by atoms with Crippen LogP contribution >= 0.6 is 11.6 Å². The maximum atomic E-state index is 13.0. The zero-order chi connectivity index (χ0) is 20.2. The Morgan fingerprint density at radius 3 is 2.44 bits per heavy atom. The number of rotatable bonds is 7. The van der Waals surface area contributed by atoms with Crippen molar-refractivity contribution in [3.05, 3.63) is 63.4 Å². The summed E-state index contributed by atoms with van der Waals surface area (Å²) in [5.41, 5.74) is -0.541. The number of carbonyl (C=O) groups is 1. The Labute approximate surface area is 159 Å². The van der Waals surface area contributed by atoms with Crippen LogP contribution in [-0.2, 0) is 14.8 Å². The second kappa shape index (κ2) is 8.42. The molecule has 1 atom stereocenters. The molecule has 1 amide bonds. The number of nitro benzene ring substituents is 1. The standard InChI is InChI=1S/C16H15ClFN3O5S/c1-2-13(20-27(25,26)12-6-4-11(18)5-7-12)16(22)19-14-8-3-10(17)9-15(14)21(23)24/h3-9,13,20H,2H2,1H3,(H,19,22). The van der Waals surface area contributed by atoms with E-state index in [0.29, 0.717) is 0 Å². The van der Waals surface area contributed by atoms with Crippen LogP contribution in [-0.4, -0.2) is 25.3 Å². The average molecular weight is 416 g/mol. The van der Waals surface area contributed by atoms with Gasteiger partial charge in [-0.2, -0.15) is 4.72 Å². The molecule has 0 saturated heterocycles. The molecule has 2 aromatic rings. The molecule has 2 N–H and O–H groups in total. The van der Waals surface area contributed by atoms with Crippen molar-refractivity contribution in [2.45, 2.75) is 24.3 Å². The molecule has 0 aliphatic rings. The Morgan fingerprint density at radius 2 is 1.89 bits per heavy atom. The predicted molar refractivity (Wildman–Crippen MR) is 97.5 cm³/mol. The minimum Gasteiger partial charge on any atom is -0.319 e. The van der Waals surface area contributed by atoms with E-state index >= 15 is 0 Å². The minimum absolute atomic E-state index is 0.0770. The van der Waals surface area contributed by atoms with Crippen molar-refractivity contribution in [1.29, 1.82) is 0 Å². The number of carbonyl (C=O) groups excluding carboxylic acids is 1. The number of nitro groups is 1. The number of halogens is 2. The first-order valence-electron chi connectivity index (χ1n) is 7.66. The van der Waals surface area contributed by atoms with Gasteiger partial charge >= 0.3 is 0 Å². The van der Waals surface area contributed by atoms with E-state index in [1.807, 2.05) is 0 Å². The highest BCUT2D eigenvalue weighted by molar-refractivity contribution is 7.89. The summed E-state index contributed by atoms with van der Waals surface area (Å²) in [7, 11) is -4.09. The molecule has 0 aliphatic carbocycles. The summed E-state index contributed by atoms with van der Waals surface area (Å²) in [5.74, 6) is -1.39. The first kappa shape index (κ1) is 20.7. The molecule has 27 heavy (non-hydrogen) atoms. The van der Waals surface area contributed by atoms with Crippen LogP contribution < -0.4 is 10.0 Å². The Bertz CT molecular complexity index is 967. The smallest absolute Gasteiger partial charge is 0.294 e. The fraction of sp³-hybridized carbons (Fsp3) is 0.188. The fourth-order valence-electron chi connectivity index (χ4n) is 2.17. The summed E-state index contributed by atoms with van der Waals surface area (Å²) in [5, 5.41) is 13.5. The van der Waals surface area contributed by atoms with Crippen LogP contribution in [0.2, 0.25) is 5.02 Å². The van der Waals surface area contributed by atoms with Gasteiger partial charge in [-0.15, -0.1) is 0 Å². The van der Waals surface area contributed by atoms with Gasteiger partial charge in [0.15, 0.2) is 0 Å². The zero-order valence-corrected chi connectivity index (χ0v) is 15.6. The van der Waals surface area contributed by atoms with Crippen molar-refractivity contribution in [2.75, 3.05) is 5.32 Å². The quantitative estimate of drug-likeness (QED) is 0.532. The van der Waals surface area contributed by atoms with Crippen LogP contribution in [0.5, 0.6) is 0 Å². The van der Waals surface area contributed by atoms with Crippen LogP contribution in [0.15, 0.2) is 47.4 Å². The van der Waals surface area contributed by atoms with Gasteiger partial charge in [-0.25, -0.2) is 12.8 Å². The predicted octanol–water partition coefficient (Wildman–Crippen LogP) is 3.08. The van der Waals surface area contributed by atoms with Crippen LogP contribution in [0, 0.1) is 15.9 Å². The van der Waals surface area contributed by atoms with Crippen LogP contribution in [0.25, 0.3) is 0 Å². The monoisotopic (exact) mass is 415 g/mol. The molecule has 11 heteroatoms. The molecule has 0 heterocycles. The van der Waals surface area contributed by atoms with E-state index in [1.165, 1.54) is 12.1 Å². The highest BCUT2D eigenvalue weighted by Gasteiger charge is 2.26.